The standard InChI is InChI=1S/C11H12N2O/c14-11-6-9-5-8-3-1-2-4-10(8)13(9)7-12-11/h1-4,9H,5-7H2,(H,12,14). The maximum absolute atomic E-state index is 11.2. The lowest BCUT2D eigenvalue weighted by molar-refractivity contribution is -0.122. The van der Waals surface area contributed by atoms with Crippen molar-refractivity contribution in [2.45, 2.75) is 18.9 Å². The minimum absolute atomic E-state index is 0.180. The number of hydrogen-bond acceptors (Lipinski definition) is 2. The summed E-state index contributed by atoms with van der Waals surface area (Å²) in [6.07, 6.45) is 1.65. The van der Waals surface area contributed by atoms with Crippen molar-refractivity contribution in [3.05, 3.63) is 29.8 Å². The van der Waals surface area contributed by atoms with Crippen molar-refractivity contribution in [2.24, 2.45) is 0 Å². The monoisotopic (exact) mass is 188 g/mol. The molecular weight excluding hydrogens is 176 g/mol. The number of rotatable bonds is 0. The smallest absolute Gasteiger partial charge is 0.223 e. The molecule has 1 amide bonds. The quantitative estimate of drug-likeness (QED) is 0.656. The van der Waals surface area contributed by atoms with Crippen LogP contribution in [0.15, 0.2) is 24.3 Å². The summed E-state index contributed by atoms with van der Waals surface area (Å²) in [5, 5.41) is 2.88. The van der Waals surface area contributed by atoms with Gasteiger partial charge in [-0.3, -0.25) is 4.79 Å². The molecule has 72 valence electrons. The molecule has 2 aliphatic rings. The Hall–Kier alpha value is -1.51. The second-order valence-corrected chi connectivity index (χ2v) is 3.92. The van der Waals surface area contributed by atoms with Crippen LogP contribution in [0.4, 0.5) is 5.69 Å². The summed E-state index contributed by atoms with van der Waals surface area (Å²) in [5.41, 5.74) is 2.66. The number of hydrogen-bond donors (Lipinski definition) is 1. The number of carbonyl (C=O) groups excluding carboxylic acids is 1. The first-order chi connectivity index (χ1) is 6.84. The van der Waals surface area contributed by atoms with Crippen molar-refractivity contribution in [1.82, 2.24) is 5.32 Å². The van der Waals surface area contributed by atoms with E-state index in [1.54, 1.807) is 0 Å². The molecule has 1 N–H and O–H groups in total. The fourth-order valence-electron chi connectivity index (χ4n) is 2.38. The lowest BCUT2D eigenvalue weighted by Crippen LogP contribution is -2.49. The van der Waals surface area contributed by atoms with Crippen LogP contribution >= 0.6 is 0 Å². The molecule has 1 unspecified atom stereocenters. The van der Waals surface area contributed by atoms with E-state index in [2.05, 4.69) is 34.5 Å². The van der Waals surface area contributed by atoms with Gasteiger partial charge in [-0.05, 0) is 18.1 Å². The maximum Gasteiger partial charge on any atom is 0.223 e. The minimum atomic E-state index is 0.180. The van der Waals surface area contributed by atoms with E-state index in [4.69, 9.17) is 0 Å². The molecule has 0 saturated carbocycles. The first-order valence-electron chi connectivity index (χ1n) is 4.96. The van der Waals surface area contributed by atoms with Crippen LogP contribution in [0.2, 0.25) is 0 Å². The molecule has 1 atom stereocenters. The van der Waals surface area contributed by atoms with Gasteiger partial charge in [0.2, 0.25) is 5.91 Å². The highest BCUT2D eigenvalue weighted by Crippen LogP contribution is 2.33. The topological polar surface area (TPSA) is 32.3 Å². The predicted octanol–water partition coefficient (Wildman–Crippen LogP) is 0.895. The Kier molecular flexibility index (Phi) is 1.54. The van der Waals surface area contributed by atoms with Gasteiger partial charge >= 0.3 is 0 Å². The molecule has 2 heterocycles. The number of anilines is 1. The Morgan fingerprint density at radius 3 is 3.07 bits per heavy atom. The summed E-state index contributed by atoms with van der Waals surface area (Å²) in [5.74, 6) is 0.180. The van der Waals surface area contributed by atoms with Gasteiger partial charge in [0.25, 0.3) is 0 Å². The zero-order chi connectivity index (χ0) is 9.54. The maximum atomic E-state index is 11.2. The van der Waals surface area contributed by atoms with E-state index >= 15 is 0 Å². The lowest BCUT2D eigenvalue weighted by Gasteiger charge is -2.31. The largest absolute Gasteiger partial charge is 0.350 e. The SMILES string of the molecule is O=C1CC2Cc3ccccc3N2CN1. The van der Waals surface area contributed by atoms with E-state index in [0.29, 0.717) is 19.1 Å². The highest BCUT2D eigenvalue weighted by Gasteiger charge is 2.33. The summed E-state index contributed by atoms with van der Waals surface area (Å²) < 4.78 is 0. The van der Waals surface area contributed by atoms with E-state index in [1.165, 1.54) is 11.3 Å². The van der Waals surface area contributed by atoms with Gasteiger partial charge in [-0.2, -0.15) is 0 Å². The van der Waals surface area contributed by atoms with E-state index in [0.717, 1.165) is 6.42 Å². The lowest BCUT2D eigenvalue weighted by atomic mass is 10.1. The molecule has 3 nitrogen and oxygen atoms in total. The molecule has 3 heteroatoms. The van der Waals surface area contributed by atoms with Crippen LogP contribution in [0, 0.1) is 0 Å². The number of benzene rings is 1. The molecule has 2 aliphatic heterocycles. The fourth-order valence-corrected chi connectivity index (χ4v) is 2.38. The van der Waals surface area contributed by atoms with E-state index in [-0.39, 0.29) is 5.91 Å². The minimum Gasteiger partial charge on any atom is -0.350 e. The summed E-state index contributed by atoms with van der Waals surface area (Å²) >= 11 is 0. The first-order valence-corrected chi connectivity index (χ1v) is 4.96. The number of fused-ring (bicyclic) bond motifs is 3. The van der Waals surface area contributed by atoms with Crippen molar-refractivity contribution >= 4 is 11.6 Å². The molecule has 0 aliphatic carbocycles. The van der Waals surface area contributed by atoms with Crippen molar-refractivity contribution in [2.75, 3.05) is 11.6 Å². The van der Waals surface area contributed by atoms with Crippen molar-refractivity contribution in [1.29, 1.82) is 0 Å². The molecule has 0 bridgehead atoms. The number of nitrogens with one attached hydrogen (secondary N) is 1. The van der Waals surface area contributed by atoms with Gasteiger partial charge in [0.05, 0.1) is 6.67 Å². The van der Waals surface area contributed by atoms with Crippen molar-refractivity contribution < 1.29 is 4.79 Å². The molecule has 1 saturated heterocycles. The van der Waals surface area contributed by atoms with Gasteiger partial charge in [0, 0.05) is 18.2 Å². The highest BCUT2D eigenvalue weighted by atomic mass is 16.1. The zero-order valence-electron chi connectivity index (χ0n) is 7.86. The van der Waals surface area contributed by atoms with Gasteiger partial charge in [-0.1, -0.05) is 18.2 Å². The average molecular weight is 188 g/mol. The van der Waals surface area contributed by atoms with Crippen LogP contribution in [0.5, 0.6) is 0 Å². The van der Waals surface area contributed by atoms with Gasteiger partial charge < -0.3 is 10.2 Å². The van der Waals surface area contributed by atoms with Crippen LogP contribution in [-0.4, -0.2) is 18.6 Å². The summed E-state index contributed by atoms with van der Waals surface area (Å²) in [4.78, 5) is 13.5. The van der Waals surface area contributed by atoms with Gasteiger partial charge in [-0.15, -0.1) is 0 Å². The number of nitrogens with zero attached hydrogens (tertiary/aromatic N) is 1. The molecule has 0 spiro atoms. The van der Waals surface area contributed by atoms with E-state index < -0.39 is 0 Å². The van der Waals surface area contributed by atoms with Crippen LogP contribution in [0.25, 0.3) is 0 Å². The Morgan fingerprint density at radius 1 is 1.29 bits per heavy atom. The molecule has 1 fully saturated rings. The molecule has 0 radical (unpaired) electrons. The Balaban J connectivity index is 1.98. The van der Waals surface area contributed by atoms with Crippen LogP contribution < -0.4 is 10.2 Å². The third kappa shape index (κ3) is 1.02. The van der Waals surface area contributed by atoms with Crippen molar-refractivity contribution in [3.8, 4) is 0 Å². The Labute approximate surface area is 82.7 Å². The summed E-state index contributed by atoms with van der Waals surface area (Å²) in [7, 11) is 0. The van der Waals surface area contributed by atoms with E-state index in [9.17, 15) is 4.79 Å². The first kappa shape index (κ1) is 7.85. The molecular formula is C11H12N2O. The Morgan fingerprint density at radius 2 is 2.14 bits per heavy atom. The van der Waals surface area contributed by atoms with Gasteiger partial charge in [-0.25, -0.2) is 0 Å². The third-order valence-electron chi connectivity index (χ3n) is 3.06. The second kappa shape index (κ2) is 2.74. The molecule has 0 aromatic heterocycles. The molecule has 3 rings (SSSR count). The Bertz CT molecular complexity index is 389. The van der Waals surface area contributed by atoms with E-state index in [1.807, 2.05) is 0 Å². The van der Waals surface area contributed by atoms with Crippen molar-refractivity contribution in [3.63, 3.8) is 0 Å². The third-order valence-corrected chi connectivity index (χ3v) is 3.06. The van der Waals surface area contributed by atoms with Gasteiger partial charge in [0.15, 0.2) is 0 Å². The number of carbonyl (C=O) groups is 1. The zero-order valence-corrected chi connectivity index (χ0v) is 7.86. The van der Waals surface area contributed by atoms with Crippen LogP contribution in [-0.2, 0) is 11.2 Å². The second-order valence-electron chi connectivity index (χ2n) is 3.92. The summed E-state index contributed by atoms with van der Waals surface area (Å²) in [6, 6.07) is 8.79. The molecule has 14 heavy (non-hydrogen) atoms. The molecule has 1 aromatic carbocycles. The highest BCUT2D eigenvalue weighted by molar-refractivity contribution is 5.80. The fraction of sp³-hybridized carbons (Fsp3) is 0.364. The van der Waals surface area contributed by atoms with Crippen LogP contribution in [0.3, 0.4) is 0 Å². The van der Waals surface area contributed by atoms with Crippen LogP contribution in [0.1, 0.15) is 12.0 Å². The predicted molar refractivity (Wildman–Crippen MR) is 54.0 cm³/mol. The normalized spacial score (nSPS) is 24.1. The van der Waals surface area contributed by atoms with Gasteiger partial charge in [0.1, 0.15) is 0 Å². The average Bonchev–Trinajstić information content (AvgIpc) is 2.54. The molecule has 1 aromatic rings. The number of amides is 1. The number of para-hydroxylation sites is 1. The summed E-state index contributed by atoms with van der Waals surface area (Å²) in [6.45, 7) is 0.667.